The van der Waals surface area contributed by atoms with E-state index in [1.54, 1.807) is 12.4 Å². The van der Waals surface area contributed by atoms with E-state index in [9.17, 15) is 4.79 Å². The average molecular weight is 389 g/mol. The molecule has 5 nitrogen and oxygen atoms in total. The smallest absolute Gasteiger partial charge is 0.257 e. The zero-order valence-electron chi connectivity index (χ0n) is 17.2. The molecule has 0 saturated carbocycles. The van der Waals surface area contributed by atoms with Gasteiger partial charge in [0.05, 0.1) is 0 Å². The fourth-order valence-corrected chi connectivity index (χ4v) is 2.82. The van der Waals surface area contributed by atoms with Crippen LogP contribution in [-0.4, -0.2) is 29.0 Å². The van der Waals surface area contributed by atoms with E-state index in [-0.39, 0.29) is 17.9 Å². The van der Waals surface area contributed by atoms with Crippen LogP contribution >= 0.6 is 0 Å². The van der Waals surface area contributed by atoms with Gasteiger partial charge in [0.2, 0.25) is 0 Å². The van der Waals surface area contributed by atoms with Gasteiger partial charge in [0.15, 0.2) is 12.4 Å². The van der Waals surface area contributed by atoms with Crippen molar-refractivity contribution in [1.82, 2.24) is 15.3 Å². The molecule has 1 aromatic heterocycles. The lowest BCUT2D eigenvalue weighted by Gasteiger charge is -2.19. The number of nitrogens with one attached hydrogen (secondary N) is 1. The average Bonchev–Trinajstić information content (AvgIpc) is 2.73. The number of ether oxygens (including phenoxy) is 1. The van der Waals surface area contributed by atoms with Gasteiger partial charge in [-0.3, -0.25) is 4.79 Å². The number of hydrogen-bond donors (Lipinski definition) is 1. The predicted octanol–water partition coefficient (Wildman–Crippen LogP) is 4.18. The van der Waals surface area contributed by atoms with E-state index in [1.165, 1.54) is 5.56 Å². The summed E-state index contributed by atoms with van der Waals surface area (Å²) >= 11 is 0. The summed E-state index contributed by atoms with van der Waals surface area (Å²) in [5, 5.41) is 2.86. The third-order valence-corrected chi connectivity index (χ3v) is 4.56. The third-order valence-electron chi connectivity index (χ3n) is 4.56. The molecule has 5 heteroatoms. The van der Waals surface area contributed by atoms with Crippen LogP contribution in [0, 0.1) is 0 Å². The maximum absolute atomic E-state index is 12.0. The van der Waals surface area contributed by atoms with E-state index in [0.717, 1.165) is 11.1 Å². The van der Waals surface area contributed by atoms with E-state index in [0.29, 0.717) is 24.5 Å². The molecule has 0 bridgehead atoms. The number of aromatic nitrogens is 2. The highest BCUT2D eigenvalue weighted by molar-refractivity contribution is 5.77. The summed E-state index contributed by atoms with van der Waals surface area (Å²) in [4.78, 5) is 20.8. The normalized spacial score (nSPS) is 11.1. The number of benzene rings is 2. The highest BCUT2D eigenvalue weighted by atomic mass is 16.5. The first kappa shape index (κ1) is 20.5. The van der Waals surface area contributed by atoms with Crippen LogP contribution in [0.3, 0.4) is 0 Å². The number of nitrogens with zero attached hydrogens (tertiary/aromatic N) is 2. The minimum Gasteiger partial charge on any atom is -0.484 e. The largest absolute Gasteiger partial charge is 0.484 e. The second-order valence-electron chi connectivity index (χ2n) is 7.94. The van der Waals surface area contributed by atoms with E-state index >= 15 is 0 Å². The Morgan fingerprint density at radius 1 is 0.966 bits per heavy atom. The lowest BCUT2D eigenvalue weighted by atomic mass is 9.87. The lowest BCUT2D eigenvalue weighted by molar-refractivity contribution is -0.123. The van der Waals surface area contributed by atoms with Crippen LogP contribution in [-0.2, 0) is 16.6 Å². The van der Waals surface area contributed by atoms with Crippen LogP contribution in [0.1, 0.15) is 31.9 Å². The minimum atomic E-state index is -0.147. The number of rotatable bonds is 7. The second-order valence-corrected chi connectivity index (χ2v) is 7.94. The Bertz CT molecular complexity index is 915. The summed E-state index contributed by atoms with van der Waals surface area (Å²) < 4.78 is 5.57. The lowest BCUT2D eigenvalue weighted by Crippen LogP contribution is -2.30. The summed E-state index contributed by atoms with van der Waals surface area (Å²) in [7, 11) is 0. The second kappa shape index (κ2) is 9.32. The molecule has 1 heterocycles. The van der Waals surface area contributed by atoms with Crippen LogP contribution in [0.2, 0.25) is 0 Å². The Morgan fingerprint density at radius 3 is 2.24 bits per heavy atom. The molecule has 1 N–H and O–H groups in total. The molecule has 2 aromatic carbocycles. The fourth-order valence-electron chi connectivity index (χ4n) is 2.82. The molecule has 29 heavy (non-hydrogen) atoms. The van der Waals surface area contributed by atoms with Crippen molar-refractivity contribution in [2.24, 2.45) is 0 Å². The van der Waals surface area contributed by atoms with Crippen LogP contribution in [0.15, 0.2) is 67.0 Å². The van der Waals surface area contributed by atoms with E-state index in [1.807, 2.05) is 54.6 Å². The standard InChI is InChI=1S/C24H27N3O2/c1-24(2,3)20-9-11-21(12-10-20)29-17-22(28)25-14-13-18-15-26-23(27-16-18)19-7-5-4-6-8-19/h4-12,15-16H,13-14,17H2,1-3H3,(H,25,28). The van der Waals surface area contributed by atoms with Gasteiger partial charge in [0.1, 0.15) is 5.75 Å². The van der Waals surface area contributed by atoms with Crippen molar-refractivity contribution >= 4 is 5.91 Å². The molecule has 0 spiro atoms. The Morgan fingerprint density at radius 2 is 1.62 bits per heavy atom. The fraction of sp³-hybridized carbons (Fsp3) is 0.292. The number of hydrogen-bond acceptors (Lipinski definition) is 4. The number of amides is 1. The molecule has 0 radical (unpaired) electrons. The molecule has 150 valence electrons. The summed E-state index contributed by atoms with van der Waals surface area (Å²) in [6.45, 7) is 7.00. The predicted molar refractivity (Wildman–Crippen MR) is 115 cm³/mol. The van der Waals surface area contributed by atoms with Crippen molar-refractivity contribution in [3.63, 3.8) is 0 Å². The van der Waals surface area contributed by atoms with Gasteiger partial charge in [-0.15, -0.1) is 0 Å². The molecule has 0 atom stereocenters. The zero-order chi connectivity index (χ0) is 20.7. The van der Waals surface area contributed by atoms with Gasteiger partial charge in [-0.2, -0.15) is 0 Å². The Labute approximate surface area is 172 Å². The molecule has 0 aliphatic carbocycles. The van der Waals surface area contributed by atoms with Gasteiger partial charge in [0.25, 0.3) is 5.91 Å². The highest BCUT2D eigenvalue weighted by Crippen LogP contribution is 2.24. The van der Waals surface area contributed by atoms with E-state index < -0.39 is 0 Å². The molecule has 1 amide bonds. The van der Waals surface area contributed by atoms with E-state index in [4.69, 9.17) is 4.74 Å². The number of carbonyl (C=O) groups excluding carboxylic acids is 1. The Kier molecular flexibility index (Phi) is 6.60. The van der Waals surface area contributed by atoms with Crippen LogP contribution in [0.5, 0.6) is 5.75 Å². The van der Waals surface area contributed by atoms with Crippen LogP contribution < -0.4 is 10.1 Å². The van der Waals surface area contributed by atoms with Crippen LogP contribution in [0.25, 0.3) is 11.4 Å². The Hall–Kier alpha value is -3.21. The maximum Gasteiger partial charge on any atom is 0.257 e. The zero-order valence-corrected chi connectivity index (χ0v) is 17.2. The summed E-state index contributed by atoms with van der Waals surface area (Å²) in [5.41, 5.74) is 3.29. The number of carbonyl (C=O) groups is 1. The van der Waals surface area contributed by atoms with Crippen molar-refractivity contribution in [3.05, 3.63) is 78.1 Å². The van der Waals surface area contributed by atoms with Gasteiger partial charge < -0.3 is 10.1 Å². The van der Waals surface area contributed by atoms with Crippen LogP contribution in [0.4, 0.5) is 0 Å². The van der Waals surface area contributed by atoms with Gasteiger partial charge in [-0.25, -0.2) is 9.97 Å². The molecular formula is C24H27N3O2. The minimum absolute atomic E-state index is 0.00168. The van der Waals surface area contributed by atoms with Crippen molar-refractivity contribution in [1.29, 1.82) is 0 Å². The van der Waals surface area contributed by atoms with Gasteiger partial charge in [-0.1, -0.05) is 63.2 Å². The first-order valence-corrected chi connectivity index (χ1v) is 9.78. The molecular weight excluding hydrogens is 362 g/mol. The molecule has 0 fully saturated rings. The SMILES string of the molecule is CC(C)(C)c1ccc(OCC(=O)NCCc2cnc(-c3ccccc3)nc2)cc1. The summed E-state index contributed by atoms with van der Waals surface area (Å²) in [6, 6.07) is 17.7. The molecule has 3 aromatic rings. The van der Waals surface area contributed by atoms with Crippen molar-refractivity contribution in [3.8, 4) is 17.1 Å². The summed E-state index contributed by atoms with van der Waals surface area (Å²) in [6.07, 6.45) is 4.27. The quantitative estimate of drug-likeness (QED) is 0.658. The monoisotopic (exact) mass is 389 g/mol. The molecule has 0 saturated heterocycles. The van der Waals surface area contributed by atoms with Gasteiger partial charge in [0, 0.05) is 24.5 Å². The van der Waals surface area contributed by atoms with Gasteiger partial charge >= 0.3 is 0 Å². The molecule has 0 unspecified atom stereocenters. The highest BCUT2D eigenvalue weighted by Gasteiger charge is 2.13. The third kappa shape index (κ3) is 6.14. The Balaban J connectivity index is 1.41. The molecule has 0 aliphatic heterocycles. The first-order valence-electron chi connectivity index (χ1n) is 9.78. The first-order chi connectivity index (χ1) is 13.9. The van der Waals surface area contributed by atoms with Crippen molar-refractivity contribution in [2.45, 2.75) is 32.6 Å². The maximum atomic E-state index is 12.0. The summed E-state index contributed by atoms with van der Waals surface area (Å²) in [5.74, 6) is 1.24. The van der Waals surface area contributed by atoms with Crippen molar-refractivity contribution < 1.29 is 9.53 Å². The topological polar surface area (TPSA) is 64.1 Å². The van der Waals surface area contributed by atoms with Crippen molar-refractivity contribution in [2.75, 3.05) is 13.2 Å². The van der Waals surface area contributed by atoms with E-state index in [2.05, 4.69) is 36.1 Å². The van der Waals surface area contributed by atoms with Gasteiger partial charge in [-0.05, 0) is 35.1 Å². The molecule has 0 aliphatic rings. The molecule has 3 rings (SSSR count).